The summed E-state index contributed by atoms with van der Waals surface area (Å²) in [6.07, 6.45) is -0.143. The number of anilines is 1. The average Bonchev–Trinajstić information content (AvgIpc) is 2.72. The number of rotatable bonds is 9. The number of pyridine rings is 1. The van der Waals surface area contributed by atoms with E-state index in [-0.39, 0.29) is 24.9 Å². The highest BCUT2D eigenvalue weighted by atomic mass is 19.4. The summed E-state index contributed by atoms with van der Waals surface area (Å²) in [5, 5.41) is 8.77. The van der Waals surface area contributed by atoms with Crippen LogP contribution in [0.15, 0.2) is 42.7 Å². The lowest BCUT2D eigenvalue weighted by atomic mass is 10.1. The number of benzene rings is 1. The van der Waals surface area contributed by atoms with Gasteiger partial charge in [-0.15, -0.1) is 13.2 Å². The molecule has 1 saturated heterocycles. The van der Waals surface area contributed by atoms with E-state index in [1.165, 1.54) is 24.3 Å². The first-order valence-electron chi connectivity index (χ1n) is 9.79. The first kappa shape index (κ1) is 22.7. The first-order valence-corrected chi connectivity index (χ1v) is 9.79. The molecule has 1 fully saturated rings. The van der Waals surface area contributed by atoms with Crippen LogP contribution in [0, 0.1) is 0 Å². The van der Waals surface area contributed by atoms with E-state index in [1.807, 2.05) is 6.07 Å². The fourth-order valence-corrected chi connectivity index (χ4v) is 3.22. The zero-order valence-electron chi connectivity index (χ0n) is 16.7. The number of aliphatic carboxylic acids is 1. The number of hydrogen-bond donors (Lipinski definition) is 1. The number of alkyl halides is 3. The van der Waals surface area contributed by atoms with Crippen LogP contribution in [0.5, 0.6) is 11.5 Å². The molecule has 1 aliphatic rings. The van der Waals surface area contributed by atoms with E-state index >= 15 is 0 Å². The minimum Gasteiger partial charge on any atom is -0.487 e. The Morgan fingerprint density at radius 3 is 2.71 bits per heavy atom. The molecule has 0 saturated carbocycles. The number of carbonyl (C=O) groups is 1. The molecule has 0 spiro atoms. The van der Waals surface area contributed by atoms with Gasteiger partial charge in [0.2, 0.25) is 0 Å². The van der Waals surface area contributed by atoms with Gasteiger partial charge in [0.05, 0.1) is 30.8 Å². The molecule has 1 unspecified atom stereocenters. The smallest absolute Gasteiger partial charge is 0.487 e. The second-order valence-corrected chi connectivity index (χ2v) is 7.08. The van der Waals surface area contributed by atoms with Gasteiger partial charge >= 0.3 is 12.3 Å². The summed E-state index contributed by atoms with van der Waals surface area (Å²) in [6.45, 7) is 2.01. The number of ether oxygens (including phenoxy) is 3. The van der Waals surface area contributed by atoms with Crippen LogP contribution in [0.2, 0.25) is 0 Å². The minimum atomic E-state index is -4.72. The van der Waals surface area contributed by atoms with E-state index in [1.54, 1.807) is 12.4 Å². The molecule has 3 rings (SSSR count). The number of carboxylic acid groups (broad SMARTS) is 1. The number of morpholine rings is 1. The number of hydrogen-bond acceptors (Lipinski definition) is 6. The second-order valence-electron chi connectivity index (χ2n) is 7.08. The molecule has 7 nitrogen and oxygen atoms in total. The molecule has 1 N–H and O–H groups in total. The van der Waals surface area contributed by atoms with Gasteiger partial charge in [-0.3, -0.25) is 9.78 Å². The van der Waals surface area contributed by atoms with Gasteiger partial charge in [0.25, 0.3) is 0 Å². The van der Waals surface area contributed by atoms with Crippen LogP contribution in [-0.2, 0) is 16.1 Å². The molecule has 1 atom stereocenters. The van der Waals surface area contributed by atoms with Crippen LogP contribution in [0.25, 0.3) is 0 Å². The minimum absolute atomic E-state index is 0.0462. The Hall–Kier alpha value is -3.01. The topological polar surface area (TPSA) is 81.1 Å². The summed E-state index contributed by atoms with van der Waals surface area (Å²) in [4.78, 5) is 17.0. The van der Waals surface area contributed by atoms with Crippen LogP contribution in [0.4, 0.5) is 18.9 Å². The summed E-state index contributed by atoms with van der Waals surface area (Å²) in [5.41, 5.74) is 1.54. The summed E-state index contributed by atoms with van der Waals surface area (Å²) in [7, 11) is 0. The molecule has 0 bridgehead atoms. The van der Waals surface area contributed by atoms with Crippen molar-refractivity contribution in [2.45, 2.75) is 38.3 Å². The Morgan fingerprint density at radius 2 is 2.00 bits per heavy atom. The van der Waals surface area contributed by atoms with Crippen molar-refractivity contribution in [3.05, 3.63) is 48.3 Å². The van der Waals surface area contributed by atoms with Gasteiger partial charge in [0.1, 0.15) is 18.1 Å². The third-order valence-corrected chi connectivity index (χ3v) is 4.68. The van der Waals surface area contributed by atoms with Gasteiger partial charge in [0.15, 0.2) is 0 Å². The van der Waals surface area contributed by atoms with Gasteiger partial charge in [-0.2, -0.15) is 0 Å². The lowest BCUT2D eigenvalue weighted by molar-refractivity contribution is -0.274. The van der Waals surface area contributed by atoms with Gasteiger partial charge in [-0.25, -0.2) is 0 Å². The third kappa shape index (κ3) is 7.63. The Kier molecular flexibility index (Phi) is 7.56. The van der Waals surface area contributed by atoms with Gasteiger partial charge in [0, 0.05) is 25.6 Å². The highest BCUT2D eigenvalue weighted by Crippen LogP contribution is 2.25. The van der Waals surface area contributed by atoms with Crippen LogP contribution in [-0.4, -0.2) is 48.2 Å². The fourth-order valence-electron chi connectivity index (χ4n) is 3.22. The van der Waals surface area contributed by atoms with E-state index in [0.29, 0.717) is 43.9 Å². The largest absolute Gasteiger partial charge is 0.573 e. The average molecular weight is 440 g/mol. The summed E-state index contributed by atoms with van der Waals surface area (Å²) < 4.78 is 52.0. The number of halogens is 3. The molecule has 1 aromatic carbocycles. The first-order chi connectivity index (χ1) is 14.8. The molecule has 1 aromatic heterocycles. The standard InChI is InChI=1S/C21H23F3N2O5/c22-21(23,24)31-17-6-4-15(5-7-17)14-30-19-10-16(11-25-12-19)26-8-9-29-18(13-26)2-1-3-20(27)28/h4-7,10-12,18H,1-3,8-9,13-14H2,(H,27,28). The predicted octanol–water partition coefficient (Wildman–Crippen LogP) is 4.02. The quantitative estimate of drug-likeness (QED) is 0.631. The van der Waals surface area contributed by atoms with Crippen molar-refractivity contribution in [1.82, 2.24) is 4.98 Å². The molecule has 2 heterocycles. The van der Waals surface area contributed by atoms with Crippen molar-refractivity contribution >= 4 is 11.7 Å². The molecular formula is C21H23F3N2O5. The molecule has 0 radical (unpaired) electrons. The van der Waals surface area contributed by atoms with E-state index < -0.39 is 12.3 Å². The van der Waals surface area contributed by atoms with Gasteiger partial charge in [-0.1, -0.05) is 12.1 Å². The zero-order chi connectivity index (χ0) is 22.3. The lowest BCUT2D eigenvalue weighted by Gasteiger charge is -2.34. The molecule has 1 aliphatic heterocycles. The maximum atomic E-state index is 12.2. The molecule has 2 aromatic rings. The van der Waals surface area contributed by atoms with Crippen molar-refractivity contribution < 1.29 is 37.3 Å². The SMILES string of the molecule is O=C(O)CCCC1CN(c2cncc(OCc3ccc(OC(F)(F)F)cc3)c2)CCO1. The normalized spacial score (nSPS) is 16.7. The molecule has 0 aliphatic carbocycles. The monoisotopic (exact) mass is 440 g/mol. The number of carboxylic acids is 1. The summed E-state index contributed by atoms with van der Waals surface area (Å²) in [5.74, 6) is -0.573. The maximum absolute atomic E-state index is 12.2. The van der Waals surface area contributed by atoms with Crippen LogP contribution >= 0.6 is 0 Å². The summed E-state index contributed by atoms with van der Waals surface area (Å²) in [6, 6.07) is 7.32. The maximum Gasteiger partial charge on any atom is 0.573 e. The number of aromatic nitrogens is 1. The Labute approximate surface area is 177 Å². The van der Waals surface area contributed by atoms with Crippen LogP contribution < -0.4 is 14.4 Å². The van der Waals surface area contributed by atoms with E-state index in [4.69, 9.17) is 14.6 Å². The molecule has 10 heteroatoms. The van der Waals surface area contributed by atoms with Crippen molar-refractivity contribution in [3.8, 4) is 11.5 Å². The predicted molar refractivity (Wildman–Crippen MR) is 105 cm³/mol. The zero-order valence-corrected chi connectivity index (χ0v) is 16.7. The molecular weight excluding hydrogens is 417 g/mol. The molecule has 168 valence electrons. The third-order valence-electron chi connectivity index (χ3n) is 4.68. The van der Waals surface area contributed by atoms with E-state index in [2.05, 4.69) is 14.6 Å². The Morgan fingerprint density at radius 1 is 1.23 bits per heavy atom. The fraction of sp³-hybridized carbons (Fsp3) is 0.429. The van der Waals surface area contributed by atoms with E-state index in [9.17, 15) is 18.0 Å². The van der Waals surface area contributed by atoms with Crippen LogP contribution in [0.1, 0.15) is 24.8 Å². The highest BCUT2D eigenvalue weighted by Gasteiger charge is 2.31. The van der Waals surface area contributed by atoms with Crippen molar-refractivity contribution in [2.24, 2.45) is 0 Å². The van der Waals surface area contributed by atoms with Crippen molar-refractivity contribution in [2.75, 3.05) is 24.6 Å². The molecule has 0 amide bonds. The van der Waals surface area contributed by atoms with E-state index in [0.717, 1.165) is 5.69 Å². The number of nitrogens with zero attached hydrogens (tertiary/aromatic N) is 2. The van der Waals surface area contributed by atoms with Gasteiger partial charge < -0.3 is 24.2 Å². The summed E-state index contributed by atoms with van der Waals surface area (Å²) >= 11 is 0. The second kappa shape index (κ2) is 10.3. The highest BCUT2D eigenvalue weighted by molar-refractivity contribution is 5.66. The van der Waals surface area contributed by atoms with Crippen molar-refractivity contribution in [3.63, 3.8) is 0 Å². The van der Waals surface area contributed by atoms with Crippen LogP contribution in [0.3, 0.4) is 0 Å². The van der Waals surface area contributed by atoms with Gasteiger partial charge in [-0.05, 0) is 30.5 Å². The molecule has 31 heavy (non-hydrogen) atoms. The lowest BCUT2D eigenvalue weighted by Crippen LogP contribution is -2.42. The Bertz CT molecular complexity index is 861. The Balaban J connectivity index is 1.53. The van der Waals surface area contributed by atoms with Crippen molar-refractivity contribution in [1.29, 1.82) is 0 Å².